The number of nitrogens with zero attached hydrogens (tertiary/aromatic N) is 2. The zero-order valence-corrected chi connectivity index (χ0v) is 13.5. The van der Waals surface area contributed by atoms with Crippen LogP contribution in [0.2, 0.25) is 0 Å². The minimum Gasteiger partial charge on any atom is -0.376 e. The zero-order valence-electron chi connectivity index (χ0n) is 11.1. The maximum absolute atomic E-state index is 12.1. The van der Waals surface area contributed by atoms with Gasteiger partial charge in [-0.15, -0.1) is 0 Å². The van der Waals surface area contributed by atoms with Gasteiger partial charge in [-0.3, -0.25) is 4.79 Å². The molecule has 1 unspecified atom stereocenters. The Labute approximate surface area is 124 Å². The van der Waals surface area contributed by atoms with Gasteiger partial charge in [-0.1, -0.05) is 0 Å². The highest BCUT2D eigenvalue weighted by molar-refractivity contribution is 9.10. The van der Waals surface area contributed by atoms with E-state index in [4.69, 9.17) is 0 Å². The van der Waals surface area contributed by atoms with Gasteiger partial charge < -0.3 is 5.32 Å². The molecule has 2 aromatic heterocycles. The van der Waals surface area contributed by atoms with Gasteiger partial charge in [0, 0.05) is 6.04 Å². The molecule has 0 amide bonds. The van der Waals surface area contributed by atoms with E-state index in [-0.39, 0.29) is 17.6 Å². The Morgan fingerprint density at radius 3 is 2.74 bits per heavy atom. The van der Waals surface area contributed by atoms with Crippen molar-refractivity contribution in [3.05, 3.63) is 43.4 Å². The van der Waals surface area contributed by atoms with Crippen molar-refractivity contribution in [1.82, 2.24) is 9.78 Å². The monoisotopic (exact) mass is 341 g/mol. The molecular formula is C13H16BrN3OS. The molecule has 4 nitrogen and oxygen atoms in total. The summed E-state index contributed by atoms with van der Waals surface area (Å²) in [6.45, 7) is 5.92. The number of halogens is 1. The average molecular weight is 342 g/mol. The summed E-state index contributed by atoms with van der Waals surface area (Å²) in [6.07, 6.45) is 1.69. The van der Waals surface area contributed by atoms with Crippen LogP contribution in [-0.2, 0) is 0 Å². The topological polar surface area (TPSA) is 46.9 Å². The lowest BCUT2D eigenvalue weighted by Gasteiger charge is -2.16. The Kier molecular flexibility index (Phi) is 4.42. The Balaban J connectivity index is 2.27. The third-order valence-electron chi connectivity index (χ3n) is 2.85. The molecule has 19 heavy (non-hydrogen) atoms. The van der Waals surface area contributed by atoms with Crippen molar-refractivity contribution in [2.24, 2.45) is 0 Å². The molecule has 2 rings (SSSR count). The summed E-state index contributed by atoms with van der Waals surface area (Å²) in [4.78, 5) is 12.1. The molecular weight excluding hydrogens is 326 g/mol. The molecule has 102 valence electrons. The molecule has 0 saturated heterocycles. The van der Waals surface area contributed by atoms with Crippen LogP contribution >= 0.6 is 27.3 Å². The number of hydrogen-bond donors (Lipinski definition) is 1. The summed E-state index contributed by atoms with van der Waals surface area (Å²) < 4.78 is 1.99. The second-order valence-electron chi connectivity index (χ2n) is 4.64. The largest absolute Gasteiger partial charge is 0.376 e. The van der Waals surface area contributed by atoms with Crippen LogP contribution in [0.15, 0.2) is 32.3 Å². The van der Waals surface area contributed by atoms with Crippen molar-refractivity contribution >= 4 is 33.0 Å². The number of rotatable bonds is 4. The number of anilines is 1. The fraction of sp³-hybridized carbons (Fsp3) is 0.385. The van der Waals surface area contributed by atoms with Crippen molar-refractivity contribution in [3.63, 3.8) is 0 Å². The van der Waals surface area contributed by atoms with Gasteiger partial charge in [0.15, 0.2) is 0 Å². The van der Waals surface area contributed by atoms with E-state index < -0.39 is 0 Å². The minimum absolute atomic E-state index is 0.0483. The molecule has 0 fully saturated rings. The third kappa shape index (κ3) is 3.06. The van der Waals surface area contributed by atoms with Crippen LogP contribution in [0.3, 0.4) is 0 Å². The lowest BCUT2D eigenvalue weighted by Crippen LogP contribution is -2.26. The molecule has 2 heterocycles. The normalized spacial score (nSPS) is 12.7. The first-order chi connectivity index (χ1) is 9.00. The van der Waals surface area contributed by atoms with E-state index in [0.29, 0.717) is 4.47 Å². The number of thiophene rings is 1. The summed E-state index contributed by atoms with van der Waals surface area (Å²) >= 11 is 5.02. The van der Waals surface area contributed by atoms with Crippen molar-refractivity contribution < 1.29 is 0 Å². The highest BCUT2D eigenvalue weighted by Crippen LogP contribution is 2.24. The van der Waals surface area contributed by atoms with Gasteiger partial charge in [-0.2, -0.15) is 16.4 Å². The molecule has 1 atom stereocenters. The highest BCUT2D eigenvalue weighted by Gasteiger charge is 2.13. The Bertz CT molecular complexity index is 607. The van der Waals surface area contributed by atoms with Crippen molar-refractivity contribution in [1.29, 1.82) is 0 Å². The van der Waals surface area contributed by atoms with E-state index in [9.17, 15) is 4.79 Å². The fourth-order valence-corrected chi connectivity index (χ4v) is 2.90. The molecule has 0 bridgehead atoms. The Morgan fingerprint density at radius 2 is 2.16 bits per heavy atom. The molecule has 0 aromatic carbocycles. The maximum atomic E-state index is 12.1. The molecule has 0 aliphatic carbocycles. The van der Waals surface area contributed by atoms with E-state index in [1.165, 1.54) is 10.2 Å². The quantitative estimate of drug-likeness (QED) is 0.919. The smallest absolute Gasteiger partial charge is 0.283 e. The summed E-state index contributed by atoms with van der Waals surface area (Å²) in [5.74, 6) is 0. The van der Waals surface area contributed by atoms with E-state index in [0.717, 1.165) is 5.69 Å². The molecule has 0 radical (unpaired) electrons. The van der Waals surface area contributed by atoms with Gasteiger partial charge in [0.1, 0.15) is 4.47 Å². The van der Waals surface area contributed by atoms with Crippen LogP contribution in [-0.4, -0.2) is 9.78 Å². The second-order valence-corrected chi connectivity index (χ2v) is 6.21. The molecule has 2 aromatic rings. The lowest BCUT2D eigenvalue weighted by atomic mass is 10.2. The summed E-state index contributed by atoms with van der Waals surface area (Å²) in [6, 6.07) is 2.25. The number of hydrogen-bond acceptors (Lipinski definition) is 4. The van der Waals surface area contributed by atoms with Crippen LogP contribution in [0.1, 0.15) is 38.4 Å². The van der Waals surface area contributed by atoms with Crippen LogP contribution in [0, 0.1) is 0 Å². The van der Waals surface area contributed by atoms with Crippen LogP contribution in [0.5, 0.6) is 0 Å². The van der Waals surface area contributed by atoms with Crippen LogP contribution < -0.4 is 10.9 Å². The van der Waals surface area contributed by atoms with Crippen molar-refractivity contribution in [2.45, 2.75) is 32.9 Å². The molecule has 6 heteroatoms. The fourth-order valence-electron chi connectivity index (χ4n) is 1.75. The van der Waals surface area contributed by atoms with E-state index >= 15 is 0 Å². The van der Waals surface area contributed by atoms with E-state index in [1.807, 2.05) is 19.2 Å². The van der Waals surface area contributed by atoms with Crippen molar-refractivity contribution in [2.75, 3.05) is 5.32 Å². The second kappa shape index (κ2) is 5.88. The first-order valence-corrected chi connectivity index (χ1v) is 7.80. The maximum Gasteiger partial charge on any atom is 0.283 e. The number of nitrogens with one attached hydrogen (secondary N) is 1. The summed E-state index contributed by atoms with van der Waals surface area (Å²) in [7, 11) is 0. The molecule has 1 N–H and O–H groups in total. The Hall–Kier alpha value is -1.14. The van der Waals surface area contributed by atoms with Crippen LogP contribution in [0.25, 0.3) is 0 Å². The summed E-state index contributed by atoms with van der Waals surface area (Å²) in [5, 5.41) is 11.6. The average Bonchev–Trinajstić information content (AvgIpc) is 2.88. The van der Waals surface area contributed by atoms with Gasteiger partial charge in [-0.25, -0.2) is 4.68 Å². The van der Waals surface area contributed by atoms with Crippen LogP contribution in [0.4, 0.5) is 5.69 Å². The SMILES string of the molecule is CC(Nc1cnn(C(C)C)c(=O)c1Br)c1ccsc1. The van der Waals surface area contributed by atoms with Gasteiger partial charge in [0.05, 0.1) is 17.9 Å². The molecule has 0 spiro atoms. The van der Waals surface area contributed by atoms with Gasteiger partial charge >= 0.3 is 0 Å². The highest BCUT2D eigenvalue weighted by atomic mass is 79.9. The zero-order chi connectivity index (χ0) is 14.0. The minimum atomic E-state index is -0.113. The van der Waals surface area contributed by atoms with Gasteiger partial charge in [0.25, 0.3) is 5.56 Å². The summed E-state index contributed by atoms with van der Waals surface area (Å²) in [5.41, 5.74) is 1.81. The lowest BCUT2D eigenvalue weighted by molar-refractivity contribution is 0.501. The van der Waals surface area contributed by atoms with E-state index in [2.05, 4.69) is 44.7 Å². The number of aromatic nitrogens is 2. The van der Waals surface area contributed by atoms with E-state index in [1.54, 1.807) is 17.5 Å². The Morgan fingerprint density at radius 1 is 1.42 bits per heavy atom. The van der Waals surface area contributed by atoms with Gasteiger partial charge in [-0.05, 0) is 59.1 Å². The predicted octanol–water partition coefficient (Wildman–Crippen LogP) is 3.82. The third-order valence-corrected chi connectivity index (χ3v) is 4.32. The molecule has 0 saturated carbocycles. The first-order valence-electron chi connectivity index (χ1n) is 6.06. The first kappa shape index (κ1) is 14.3. The molecule has 0 aliphatic heterocycles. The van der Waals surface area contributed by atoms with Crippen molar-refractivity contribution in [3.8, 4) is 0 Å². The molecule has 0 aliphatic rings. The standard InChI is InChI=1S/C13H16BrN3OS/c1-8(2)17-13(18)12(14)11(6-15-17)16-9(3)10-4-5-19-7-10/h4-9,16H,1-3H3. The van der Waals surface area contributed by atoms with Gasteiger partial charge in [0.2, 0.25) is 0 Å². The predicted molar refractivity (Wildman–Crippen MR) is 82.9 cm³/mol.